The number of nitrogens with one attached hydrogen (secondary N) is 1. The van der Waals surface area contributed by atoms with E-state index < -0.39 is 0 Å². The predicted octanol–water partition coefficient (Wildman–Crippen LogP) is 2.72. The van der Waals surface area contributed by atoms with Gasteiger partial charge in [-0.3, -0.25) is 4.90 Å². The molecule has 106 valence electrons. The molecule has 19 heavy (non-hydrogen) atoms. The van der Waals surface area contributed by atoms with Crippen molar-refractivity contribution in [2.24, 2.45) is 0 Å². The molecule has 0 amide bonds. The van der Waals surface area contributed by atoms with Crippen LogP contribution in [0, 0.1) is 0 Å². The normalized spacial score (nSPS) is 27.4. The minimum atomic E-state index is 0.486. The van der Waals surface area contributed by atoms with Crippen molar-refractivity contribution in [2.45, 2.75) is 51.3 Å². The van der Waals surface area contributed by atoms with Gasteiger partial charge in [0, 0.05) is 36.8 Å². The Labute approximate surface area is 119 Å². The Bertz CT molecular complexity index is 409. The molecule has 1 aromatic rings. The van der Waals surface area contributed by atoms with E-state index in [0.717, 1.165) is 37.8 Å². The molecule has 1 N–H and O–H groups in total. The molecule has 3 rings (SSSR count). The number of hydrogen-bond donors (Lipinski definition) is 1. The number of fused-ring (bicyclic) bond motifs is 1. The first-order chi connectivity index (χ1) is 9.36. The van der Waals surface area contributed by atoms with Crippen molar-refractivity contribution in [2.75, 3.05) is 25.0 Å². The maximum Gasteiger partial charge on any atom is 0.182 e. The standard InChI is InChI=1S/C14H23N3OS/c1-2-6-15-14-16-9-11(19-14)10-17-7-8-18-13-5-3-4-12(13)17/h9,12-13H,2-8,10H2,1H3,(H,15,16). The molecule has 1 saturated carbocycles. The van der Waals surface area contributed by atoms with Crippen molar-refractivity contribution < 1.29 is 4.74 Å². The summed E-state index contributed by atoms with van der Waals surface area (Å²) in [5.41, 5.74) is 0. The van der Waals surface area contributed by atoms with E-state index in [2.05, 4.69) is 22.1 Å². The van der Waals surface area contributed by atoms with Crippen LogP contribution in [-0.2, 0) is 11.3 Å². The molecule has 2 unspecified atom stereocenters. The molecule has 2 aliphatic rings. The number of aromatic nitrogens is 1. The predicted molar refractivity (Wildman–Crippen MR) is 78.7 cm³/mol. The van der Waals surface area contributed by atoms with Crippen LogP contribution in [0.4, 0.5) is 5.13 Å². The highest BCUT2D eigenvalue weighted by Crippen LogP contribution is 2.31. The maximum atomic E-state index is 5.86. The summed E-state index contributed by atoms with van der Waals surface area (Å²) in [5.74, 6) is 0. The molecule has 5 heteroatoms. The Morgan fingerprint density at radius 3 is 3.37 bits per heavy atom. The van der Waals surface area contributed by atoms with Gasteiger partial charge in [0.15, 0.2) is 5.13 Å². The number of rotatable bonds is 5. The Balaban J connectivity index is 1.59. The van der Waals surface area contributed by atoms with Gasteiger partial charge in [-0.25, -0.2) is 4.98 Å². The lowest BCUT2D eigenvalue weighted by Gasteiger charge is -2.37. The van der Waals surface area contributed by atoms with Crippen molar-refractivity contribution in [3.05, 3.63) is 11.1 Å². The van der Waals surface area contributed by atoms with E-state index in [0.29, 0.717) is 12.1 Å². The summed E-state index contributed by atoms with van der Waals surface area (Å²) < 4.78 is 5.86. The summed E-state index contributed by atoms with van der Waals surface area (Å²) in [5, 5.41) is 4.43. The first-order valence-electron chi connectivity index (χ1n) is 7.41. The van der Waals surface area contributed by atoms with Crippen molar-refractivity contribution in [3.63, 3.8) is 0 Å². The molecule has 2 atom stereocenters. The van der Waals surface area contributed by atoms with Gasteiger partial charge in [-0.2, -0.15) is 0 Å². The van der Waals surface area contributed by atoms with Gasteiger partial charge < -0.3 is 10.1 Å². The number of ether oxygens (including phenoxy) is 1. The van der Waals surface area contributed by atoms with Crippen molar-refractivity contribution in [3.8, 4) is 0 Å². The Hall–Kier alpha value is -0.650. The summed E-state index contributed by atoms with van der Waals surface area (Å²) in [6.45, 7) is 6.18. The highest BCUT2D eigenvalue weighted by molar-refractivity contribution is 7.15. The van der Waals surface area contributed by atoms with E-state index in [-0.39, 0.29) is 0 Å². The first kappa shape index (κ1) is 13.3. The van der Waals surface area contributed by atoms with Crippen LogP contribution in [0.25, 0.3) is 0 Å². The summed E-state index contributed by atoms with van der Waals surface area (Å²) in [7, 11) is 0. The molecule has 2 fully saturated rings. The summed E-state index contributed by atoms with van der Waals surface area (Å²) >= 11 is 1.80. The van der Waals surface area contributed by atoms with E-state index in [1.54, 1.807) is 11.3 Å². The molecule has 2 heterocycles. The molecule has 0 radical (unpaired) electrons. The van der Waals surface area contributed by atoms with Crippen molar-refractivity contribution >= 4 is 16.5 Å². The second-order valence-corrected chi connectivity index (χ2v) is 6.55. The first-order valence-corrected chi connectivity index (χ1v) is 8.22. The highest BCUT2D eigenvalue weighted by atomic mass is 32.1. The van der Waals surface area contributed by atoms with Crippen LogP contribution in [-0.4, -0.2) is 41.7 Å². The van der Waals surface area contributed by atoms with Crippen LogP contribution < -0.4 is 5.32 Å². The Morgan fingerprint density at radius 1 is 1.53 bits per heavy atom. The van der Waals surface area contributed by atoms with Gasteiger partial charge in [-0.15, -0.1) is 11.3 Å². The van der Waals surface area contributed by atoms with Crippen LogP contribution in [0.3, 0.4) is 0 Å². The molecule has 1 aliphatic heterocycles. The van der Waals surface area contributed by atoms with E-state index in [9.17, 15) is 0 Å². The topological polar surface area (TPSA) is 37.4 Å². The van der Waals surface area contributed by atoms with Crippen LogP contribution >= 0.6 is 11.3 Å². The van der Waals surface area contributed by atoms with Gasteiger partial charge in [0.1, 0.15) is 0 Å². The van der Waals surface area contributed by atoms with Gasteiger partial charge >= 0.3 is 0 Å². The quantitative estimate of drug-likeness (QED) is 0.900. The van der Waals surface area contributed by atoms with Crippen LogP contribution in [0.5, 0.6) is 0 Å². The minimum absolute atomic E-state index is 0.486. The molecule has 1 saturated heterocycles. The number of thiazole rings is 1. The van der Waals surface area contributed by atoms with E-state index in [1.807, 2.05) is 6.20 Å². The lowest BCUT2D eigenvalue weighted by molar-refractivity contribution is -0.0585. The lowest BCUT2D eigenvalue weighted by Crippen LogP contribution is -2.47. The molecule has 4 nitrogen and oxygen atoms in total. The van der Waals surface area contributed by atoms with Crippen LogP contribution in [0.2, 0.25) is 0 Å². The average Bonchev–Trinajstić information content (AvgIpc) is 3.05. The van der Waals surface area contributed by atoms with Gasteiger partial charge in [0.05, 0.1) is 12.7 Å². The third kappa shape index (κ3) is 3.09. The minimum Gasteiger partial charge on any atom is -0.375 e. The summed E-state index contributed by atoms with van der Waals surface area (Å²) in [6, 6.07) is 0.642. The largest absolute Gasteiger partial charge is 0.375 e. The van der Waals surface area contributed by atoms with E-state index in [1.165, 1.54) is 24.1 Å². The molecule has 1 aliphatic carbocycles. The average molecular weight is 281 g/mol. The number of nitrogens with zero attached hydrogens (tertiary/aromatic N) is 2. The zero-order valence-electron chi connectivity index (χ0n) is 11.6. The van der Waals surface area contributed by atoms with Gasteiger partial charge in [-0.1, -0.05) is 6.92 Å². The molecule has 0 aromatic carbocycles. The maximum absolute atomic E-state index is 5.86. The second kappa shape index (κ2) is 6.20. The molecule has 0 spiro atoms. The van der Waals surface area contributed by atoms with Gasteiger partial charge in [0.25, 0.3) is 0 Å². The fraction of sp³-hybridized carbons (Fsp3) is 0.786. The smallest absolute Gasteiger partial charge is 0.182 e. The third-order valence-corrected chi connectivity index (χ3v) is 4.98. The fourth-order valence-corrected chi connectivity index (χ4v) is 3.96. The second-order valence-electron chi connectivity index (χ2n) is 5.44. The molecule has 1 aromatic heterocycles. The molecule has 0 bridgehead atoms. The number of anilines is 1. The van der Waals surface area contributed by atoms with Crippen LogP contribution in [0.15, 0.2) is 6.20 Å². The summed E-state index contributed by atoms with van der Waals surface area (Å²) in [6.07, 6.45) is 7.51. The molecular formula is C14H23N3OS. The Kier molecular flexibility index (Phi) is 4.35. The van der Waals surface area contributed by atoms with Gasteiger partial charge in [0.2, 0.25) is 0 Å². The van der Waals surface area contributed by atoms with Crippen molar-refractivity contribution in [1.82, 2.24) is 9.88 Å². The zero-order valence-corrected chi connectivity index (χ0v) is 12.4. The Morgan fingerprint density at radius 2 is 2.47 bits per heavy atom. The monoisotopic (exact) mass is 281 g/mol. The lowest BCUT2D eigenvalue weighted by atomic mass is 10.1. The summed E-state index contributed by atoms with van der Waals surface area (Å²) in [4.78, 5) is 8.42. The zero-order chi connectivity index (χ0) is 13.1. The van der Waals surface area contributed by atoms with E-state index >= 15 is 0 Å². The fourth-order valence-electron chi connectivity index (χ4n) is 3.10. The number of hydrogen-bond acceptors (Lipinski definition) is 5. The number of morpholine rings is 1. The highest BCUT2D eigenvalue weighted by Gasteiger charge is 2.35. The molecular weight excluding hydrogens is 258 g/mol. The van der Waals surface area contributed by atoms with Gasteiger partial charge in [-0.05, 0) is 25.7 Å². The third-order valence-electron chi connectivity index (χ3n) is 4.04. The van der Waals surface area contributed by atoms with E-state index in [4.69, 9.17) is 4.74 Å². The van der Waals surface area contributed by atoms with Crippen molar-refractivity contribution in [1.29, 1.82) is 0 Å². The van der Waals surface area contributed by atoms with Crippen LogP contribution in [0.1, 0.15) is 37.5 Å². The SMILES string of the molecule is CCCNc1ncc(CN2CCOC3CCCC32)s1.